The van der Waals surface area contributed by atoms with Crippen LogP contribution in [0.15, 0.2) is 65.6 Å². The molecule has 2 N–H and O–H groups in total. The van der Waals surface area contributed by atoms with Crippen LogP contribution in [0.5, 0.6) is 0 Å². The third kappa shape index (κ3) is 2.37. The van der Waals surface area contributed by atoms with Crippen molar-refractivity contribution in [2.45, 2.75) is 4.90 Å². The molecule has 8 heteroatoms. The van der Waals surface area contributed by atoms with Crippen molar-refractivity contribution in [2.24, 2.45) is 0 Å². The van der Waals surface area contributed by atoms with Crippen LogP contribution in [-0.4, -0.2) is 30.8 Å². The molecule has 0 bridgehead atoms. The molecule has 0 radical (unpaired) electrons. The number of aromatic nitrogens is 2. The summed E-state index contributed by atoms with van der Waals surface area (Å²) in [5.41, 5.74) is 2.03. The van der Waals surface area contributed by atoms with Gasteiger partial charge >= 0.3 is 0 Å². The first-order valence-electron chi connectivity index (χ1n) is 8.33. The van der Waals surface area contributed by atoms with E-state index >= 15 is 0 Å². The number of amides is 1. The largest absolute Gasteiger partial charge is 0.324 e. The van der Waals surface area contributed by atoms with Crippen LogP contribution in [0.1, 0.15) is 0 Å². The normalized spacial score (nSPS) is 14.7. The lowest BCUT2D eigenvalue weighted by Crippen LogP contribution is -2.35. The van der Waals surface area contributed by atoms with Gasteiger partial charge in [-0.3, -0.25) is 14.4 Å². The van der Waals surface area contributed by atoms with Gasteiger partial charge in [-0.2, -0.15) is 0 Å². The van der Waals surface area contributed by atoms with Gasteiger partial charge in [-0.1, -0.05) is 36.4 Å². The molecule has 0 spiro atoms. The Morgan fingerprint density at radius 1 is 1.04 bits per heavy atom. The zero-order valence-electron chi connectivity index (χ0n) is 14.0. The average Bonchev–Trinajstić information content (AvgIpc) is 3.15. The van der Waals surface area contributed by atoms with E-state index in [2.05, 4.69) is 15.3 Å². The molecule has 1 aromatic heterocycles. The highest BCUT2D eigenvalue weighted by molar-refractivity contribution is 7.93. The number of nitrogens with one attached hydrogen (secondary N) is 2. The van der Waals surface area contributed by atoms with Gasteiger partial charge in [-0.05, 0) is 29.7 Å². The van der Waals surface area contributed by atoms with E-state index in [-0.39, 0.29) is 17.4 Å². The molecule has 0 aliphatic carbocycles. The zero-order chi connectivity index (χ0) is 18.6. The second kappa shape index (κ2) is 5.55. The van der Waals surface area contributed by atoms with E-state index < -0.39 is 15.9 Å². The first-order valence-corrected chi connectivity index (χ1v) is 9.77. The highest BCUT2D eigenvalue weighted by Gasteiger charge is 2.36. The van der Waals surface area contributed by atoms with E-state index in [1.54, 1.807) is 24.3 Å². The molecule has 7 nitrogen and oxygen atoms in total. The van der Waals surface area contributed by atoms with Crippen LogP contribution in [0.25, 0.3) is 21.8 Å². The van der Waals surface area contributed by atoms with E-state index in [0.717, 1.165) is 20.7 Å². The SMILES string of the molecule is O=C(CN1c2cccc3cccc(c23)S1(=O)=O)Nc1nc2ccccc2[nH]1. The van der Waals surface area contributed by atoms with E-state index in [4.69, 9.17) is 0 Å². The summed E-state index contributed by atoms with van der Waals surface area (Å²) in [5, 5.41) is 4.12. The van der Waals surface area contributed by atoms with Gasteiger partial charge < -0.3 is 4.98 Å². The van der Waals surface area contributed by atoms with Crippen molar-refractivity contribution in [1.82, 2.24) is 9.97 Å². The molecule has 0 fully saturated rings. The number of hydrogen-bond acceptors (Lipinski definition) is 4. The number of anilines is 2. The molecular formula is C19H14N4O3S. The Morgan fingerprint density at radius 2 is 1.81 bits per heavy atom. The van der Waals surface area contributed by atoms with Crippen molar-refractivity contribution in [3.05, 3.63) is 60.7 Å². The smallest absolute Gasteiger partial charge is 0.265 e. The number of sulfonamides is 1. The van der Waals surface area contributed by atoms with Crippen molar-refractivity contribution in [1.29, 1.82) is 0 Å². The van der Waals surface area contributed by atoms with Crippen LogP contribution < -0.4 is 9.62 Å². The number of carbonyl (C=O) groups excluding carboxylic acids is 1. The van der Waals surface area contributed by atoms with E-state index in [1.807, 2.05) is 36.4 Å². The number of fused-ring (bicyclic) bond motifs is 1. The molecule has 0 unspecified atom stereocenters. The second-order valence-corrected chi connectivity index (χ2v) is 8.12. The van der Waals surface area contributed by atoms with Crippen LogP contribution in [0.3, 0.4) is 0 Å². The van der Waals surface area contributed by atoms with Crippen molar-refractivity contribution in [2.75, 3.05) is 16.2 Å². The predicted octanol–water partition coefficient (Wildman–Crippen LogP) is 2.86. The lowest BCUT2D eigenvalue weighted by atomic mass is 10.1. The Kier molecular flexibility index (Phi) is 3.26. The second-order valence-electron chi connectivity index (χ2n) is 6.29. The number of aromatic amines is 1. The number of rotatable bonds is 3. The fourth-order valence-corrected chi connectivity index (χ4v) is 5.11. The zero-order valence-corrected chi connectivity index (χ0v) is 14.8. The maximum absolute atomic E-state index is 12.9. The highest BCUT2D eigenvalue weighted by atomic mass is 32.2. The first-order chi connectivity index (χ1) is 13.0. The van der Waals surface area contributed by atoms with Crippen molar-refractivity contribution >= 4 is 49.4 Å². The summed E-state index contributed by atoms with van der Waals surface area (Å²) in [7, 11) is -3.77. The quantitative estimate of drug-likeness (QED) is 0.573. The molecule has 1 aliphatic heterocycles. The van der Waals surface area contributed by atoms with Crippen LogP contribution in [0.4, 0.5) is 11.6 Å². The summed E-state index contributed by atoms with van der Waals surface area (Å²) in [6.45, 7) is -0.326. The molecule has 1 amide bonds. The molecule has 0 saturated heterocycles. The Bertz CT molecular complexity index is 1290. The Morgan fingerprint density at radius 3 is 2.63 bits per heavy atom. The van der Waals surface area contributed by atoms with Crippen molar-refractivity contribution < 1.29 is 13.2 Å². The van der Waals surface area contributed by atoms with Gasteiger partial charge in [0.15, 0.2) is 0 Å². The maximum atomic E-state index is 12.9. The lowest BCUT2D eigenvalue weighted by Gasteiger charge is -2.17. The highest BCUT2D eigenvalue weighted by Crippen LogP contribution is 2.41. The molecule has 3 aromatic carbocycles. The maximum Gasteiger partial charge on any atom is 0.265 e. The Balaban J connectivity index is 1.47. The number of nitrogens with zero attached hydrogens (tertiary/aromatic N) is 2. The first kappa shape index (κ1) is 15.8. The van der Waals surface area contributed by atoms with Crippen LogP contribution >= 0.6 is 0 Å². The Labute approximate surface area is 154 Å². The minimum atomic E-state index is -3.77. The summed E-state index contributed by atoms with van der Waals surface area (Å²) in [5.74, 6) is -0.184. The summed E-state index contributed by atoms with van der Waals surface area (Å²) in [4.78, 5) is 20.0. The number of imidazole rings is 1. The fraction of sp³-hybridized carbons (Fsp3) is 0.0526. The predicted molar refractivity (Wildman–Crippen MR) is 103 cm³/mol. The minimum absolute atomic E-state index is 0.229. The molecular weight excluding hydrogens is 364 g/mol. The van der Waals surface area contributed by atoms with Gasteiger partial charge in [0.2, 0.25) is 11.9 Å². The van der Waals surface area contributed by atoms with E-state index in [0.29, 0.717) is 11.1 Å². The molecule has 134 valence electrons. The van der Waals surface area contributed by atoms with Gasteiger partial charge in [-0.15, -0.1) is 0 Å². The molecule has 4 aromatic rings. The number of carbonyl (C=O) groups is 1. The Hall–Kier alpha value is -3.39. The number of benzene rings is 3. The monoisotopic (exact) mass is 378 g/mol. The summed E-state index contributed by atoms with van der Waals surface area (Å²) >= 11 is 0. The molecule has 27 heavy (non-hydrogen) atoms. The molecule has 5 rings (SSSR count). The summed E-state index contributed by atoms with van der Waals surface area (Å²) in [6.07, 6.45) is 0. The van der Waals surface area contributed by atoms with Gasteiger partial charge in [0.25, 0.3) is 10.0 Å². The third-order valence-electron chi connectivity index (χ3n) is 4.62. The van der Waals surface area contributed by atoms with Crippen LogP contribution in [0.2, 0.25) is 0 Å². The number of H-pyrrole nitrogens is 1. The van der Waals surface area contributed by atoms with Gasteiger partial charge in [0.1, 0.15) is 6.54 Å². The van der Waals surface area contributed by atoms with Crippen molar-refractivity contribution in [3.8, 4) is 0 Å². The third-order valence-corrected chi connectivity index (χ3v) is 6.42. The van der Waals surface area contributed by atoms with Gasteiger partial charge in [0, 0.05) is 5.39 Å². The standard InChI is InChI=1S/C19H14N4O3S/c24-17(22-19-20-13-7-1-2-8-14(13)21-19)11-23-15-9-3-5-12-6-4-10-16(18(12)15)27(23,25)26/h1-10H,11H2,(H2,20,21,22,24). The summed E-state index contributed by atoms with van der Waals surface area (Å²) in [6, 6.07) is 17.9. The lowest BCUT2D eigenvalue weighted by molar-refractivity contribution is -0.114. The van der Waals surface area contributed by atoms with E-state index in [1.165, 1.54) is 0 Å². The topological polar surface area (TPSA) is 95.2 Å². The van der Waals surface area contributed by atoms with Gasteiger partial charge in [0.05, 0.1) is 21.6 Å². The van der Waals surface area contributed by atoms with Crippen LogP contribution in [0, 0.1) is 0 Å². The minimum Gasteiger partial charge on any atom is -0.324 e. The van der Waals surface area contributed by atoms with Crippen LogP contribution in [-0.2, 0) is 14.8 Å². The van der Waals surface area contributed by atoms with Gasteiger partial charge in [-0.25, -0.2) is 13.4 Å². The summed E-state index contributed by atoms with van der Waals surface area (Å²) < 4.78 is 27.0. The average molecular weight is 378 g/mol. The fourth-order valence-electron chi connectivity index (χ4n) is 3.44. The van der Waals surface area contributed by atoms with E-state index in [9.17, 15) is 13.2 Å². The molecule has 0 atom stereocenters. The van der Waals surface area contributed by atoms with Crippen molar-refractivity contribution in [3.63, 3.8) is 0 Å². The molecule has 1 aliphatic rings. The number of hydrogen-bond donors (Lipinski definition) is 2. The molecule has 2 heterocycles. The number of para-hydroxylation sites is 2. The molecule has 0 saturated carbocycles.